The predicted molar refractivity (Wildman–Crippen MR) is 124 cm³/mol. The molecule has 1 amide bonds. The first-order valence-electron chi connectivity index (χ1n) is 10.7. The van der Waals surface area contributed by atoms with Gasteiger partial charge in [0.15, 0.2) is 5.82 Å². The summed E-state index contributed by atoms with van der Waals surface area (Å²) in [5, 5.41) is 11.7. The van der Waals surface area contributed by atoms with Crippen LogP contribution in [0, 0.1) is 5.92 Å². The van der Waals surface area contributed by atoms with Crippen LogP contribution < -0.4 is 15.0 Å². The van der Waals surface area contributed by atoms with E-state index >= 15 is 0 Å². The Labute approximate surface area is 185 Å². The summed E-state index contributed by atoms with van der Waals surface area (Å²) in [6.07, 6.45) is 1.52. The molecular formula is C24H24N6O2. The number of rotatable bonds is 5. The highest BCUT2D eigenvalue weighted by Crippen LogP contribution is 2.25. The van der Waals surface area contributed by atoms with Gasteiger partial charge in [0, 0.05) is 24.6 Å². The smallest absolute Gasteiger partial charge is 0.229 e. The first-order chi connectivity index (χ1) is 15.7. The number of hydrogen-bond donors (Lipinski definition) is 2. The number of fused-ring (bicyclic) bond motifs is 1. The van der Waals surface area contributed by atoms with Gasteiger partial charge in [-0.05, 0) is 61.4 Å². The first-order valence-corrected chi connectivity index (χ1v) is 10.7. The number of hydrogen-bond acceptors (Lipinski definition) is 6. The number of ether oxygens (including phenoxy) is 1. The molecule has 1 aliphatic heterocycles. The molecule has 0 unspecified atom stereocenters. The van der Waals surface area contributed by atoms with Gasteiger partial charge < -0.3 is 14.6 Å². The largest absolute Gasteiger partial charge is 0.497 e. The molecule has 1 saturated heterocycles. The van der Waals surface area contributed by atoms with Crippen LogP contribution in [0.5, 0.6) is 5.75 Å². The molecule has 0 atom stereocenters. The average Bonchev–Trinajstić information content (AvgIpc) is 3.26. The van der Waals surface area contributed by atoms with E-state index in [0.29, 0.717) is 5.95 Å². The molecule has 0 spiro atoms. The molecule has 0 bridgehead atoms. The number of H-pyrrole nitrogens is 1. The number of methoxy groups -OCH3 is 1. The third-order valence-corrected chi connectivity index (χ3v) is 5.86. The molecule has 5 rings (SSSR count). The molecule has 4 aromatic rings. The van der Waals surface area contributed by atoms with E-state index in [2.05, 4.69) is 30.4 Å². The first kappa shape index (κ1) is 20.0. The fourth-order valence-electron chi connectivity index (χ4n) is 4.01. The monoisotopic (exact) mass is 428 g/mol. The van der Waals surface area contributed by atoms with Crippen molar-refractivity contribution in [2.75, 3.05) is 30.4 Å². The number of benzene rings is 2. The highest BCUT2D eigenvalue weighted by molar-refractivity contribution is 5.92. The van der Waals surface area contributed by atoms with Crippen molar-refractivity contribution in [1.29, 1.82) is 0 Å². The quantitative estimate of drug-likeness (QED) is 0.501. The van der Waals surface area contributed by atoms with Crippen molar-refractivity contribution < 1.29 is 9.53 Å². The number of carbonyl (C=O) groups excluding carboxylic acids is 1. The van der Waals surface area contributed by atoms with E-state index in [1.807, 2.05) is 60.7 Å². The van der Waals surface area contributed by atoms with E-state index in [0.717, 1.165) is 59.8 Å². The van der Waals surface area contributed by atoms with Crippen LogP contribution in [0.3, 0.4) is 0 Å². The number of para-hydroxylation sites is 2. The molecule has 3 heterocycles. The van der Waals surface area contributed by atoms with E-state index < -0.39 is 0 Å². The van der Waals surface area contributed by atoms with Crippen molar-refractivity contribution in [3.63, 3.8) is 0 Å². The van der Waals surface area contributed by atoms with Gasteiger partial charge >= 0.3 is 0 Å². The van der Waals surface area contributed by atoms with Gasteiger partial charge in [-0.1, -0.05) is 12.1 Å². The summed E-state index contributed by atoms with van der Waals surface area (Å²) in [5.41, 5.74) is 3.56. The molecule has 8 nitrogen and oxygen atoms in total. The number of aromatic amines is 1. The van der Waals surface area contributed by atoms with Crippen LogP contribution in [0.15, 0.2) is 60.7 Å². The summed E-state index contributed by atoms with van der Waals surface area (Å²) in [5.74, 6) is 2.10. The predicted octanol–water partition coefficient (Wildman–Crippen LogP) is 3.88. The Kier molecular flexibility index (Phi) is 5.41. The summed E-state index contributed by atoms with van der Waals surface area (Å²) in [6.45, 7) is 1.52. The standard InChI is InChI=1S/C24H24N6O2/c1-32-18-8-6-16(7-9-18)19-10-11-22(29-28-19)30-14-12-17(13-15-30)23(31)27-24-25-20-4-2-3-5-21(20)26-24/h2-11,17H,12-15H2,1H3,(H2,25,26,27,31). The molecule has 8 heteroatoms. The molecule has 162 valence electrons. The Morgan fingerprint density at radius 3 is 2.50 bits per heavy atom. The van der Waals surface area contributed by atoms with E-state index in [4.69, 9.17) is 4.74 Å². The molecule has 1 fully saturated rings. The van der Waals surface area contributed by atoms with Crippen molar-refractivity contribution in [2.45, 2.75) is 12.8 Å². The number of nitrogens with zero attached hydrogens (tertiary/aromatic N) is 4. The van der Waals surface area contributed by atoms with Gasteiger partial charge in [0.2, 0.25) is 11.9 Å². The summed E-state index contributed by atoms with van der Waals surface area (Å²) in [6, 6.07) is 19.4. The van der Waals surface area contributed by atoms with E-state index in [-0.39, 0.29) is 11.8 Å². The van der Waals surface area contributed by atoms with Gasteiger partial charge in [-0.2, -0.15) is 0 Å². The van der Waals surface area contributed by atoms with Crippen LogP contribution >= 0.6 is 0 Å². The number of anilines is 2. The van der Waals surface area contributed by atoms with Crippen molar-refractivity contribution in [1.82, 2.24) is 20.2 Å². The fraction of sp³-hybridized carbons (Fsp3) is 0.250. The maximum Gasteiger partial charge on any atom is 0.229 e. The third kappa shape index (κ3) is 4.12. The zero-order valence-corrected chi connectivity index (χ0v) is 17.8. The topological polar surface area (TPSA) is 96.0 Å². The molecule has 0 aliphatic carbocycles. The Hall–Kier alpha value is -3.94. The average molecular weight is 428 g/mol. The molecular weight excluding hydrogens is 404 g/mol. The van der Waals surface area contributed by atoms with Gasteiger partial charge in [0.05, 0.1) is 23.8 Å². The van der Waals surface area contributed by atoms with Crippen LogP contribution in [0.4, 0.5) is 11.8 Å². The molecule has 1 aliphatic rings. The van der Waals surface area contributed by atoms with Gasteiger partial charge in [-0.3, -0.25) is 10.1 Å². The molecule has 2 aromatic heterocycles. The Bertz CT molecular complexity index is 1180. The minimum atomic E-state index is -0.0500. The summed E-state index contributed by atoms with van der Waals surface area (Å²) in [7, 11) is 1.65. The third-order valence-electron chi connectivity index (χ3n) is 5.86. The van der Waals surface area contributed by atoms with E-state index in [9.17, 15) is 4.79 Å². The van der Waals surface area contributed by atoms with Gasteiger partial charge in [-0.15, -0.1) is 10.2 Å². The number of nitrogens with one attached hydrogen (secondary N) is 2. The lowest BCUT2D eigenvalue weighted by atomic mass is 9.96. The zero-order valence-electron chi connectivity index (χ0n) is 17.8. The second kappa shape index (κ2) is 8.66. The Balaban J connectivity index is 1.18. The van der Waals surface area contributed by atoms with Crippen LogP contribution in [0.25, 0.3) is 22.3 Å². The second-order valence-electron chi connectivity index (χ2n) is 7.86. The van der Waals surface area contributed by atoms with E-state index in [1.54, 1.807) is 7.11 Å². The van der Waals surface area contributed by atoms with Gasteiger partial charge in [-0.25, -0.2) is 4.98 Å². The molecule has 2 aromatic carbocycles. The molecule has 32 heavy (non-hydrogen) atoms. The van der Waals surface area contributed by atoms with Gasteiger partial charge in [0.25, 0.3) is 0 Å². The lowest BCUT2D eigenvalue weighted by molar-refractivity contribution is -0.120. The maximum absolute atomic E-state index is 12.7. The SMILES string of the molecule is COc1ccc(-c2ccc(N3CCC(C(=O)Nc4nc5ccccc5[nH]4)CC3)nn2)cc1. The summed E-state index contributed by atoms with van der Waals surface area (Å²) in [4.78, 5) is 22.5. The Morgan fingerprint density at radius 2 is 1.81 bits per heavy atom. The van der Waals surface area contributed by atoms with Crippen LogP contribution in [-0.2, 0) is 4.79 Å². The highest BCUT2D eigenvalue weighted by Gasteiger charge is 2.26. The van der Waals surface area contributed by atoms with Crippen LogP contribution in [0.1, 0.15) is 12.8 Å². The second-order valence-corrected chi connectivity index (χ2v) is 7.86. The van der Waals surface area contributed by atoms with Crippen LogP contribution in [-0.4, -0.2) is 46.3 Å². The maximum atomic E-state index is 12.7. The lowest BCUT2D eigenvalue weighted by Gasteiger charge is -2.31. The minimum absolute atomic E-state index is 0.00430. The normalized spacial score (nSPS) is 14.5. The number of aromatic nitrogens is 4. The molecule has 0 radical (unpaired) electrons. The summed E-state index contributed by atoms with van der Waals surface area (Å²) >= 11 is 0. The fourth-order valence-corrected chi connectivity index (χ4v) is 4.01. The minimum Gasteiger partial charge on any atom is -0.497 e. The number of carbonyl (C=O) groups is 1. The number of piperidine rings is 1. The lowest BCUT2D eigenvalue weighted by Crippen LogP contribution is -2.38. The van der Waals surface area contributed by atoms with Crippen molar-refractivity contribution >= 4 is 28.7 Å². The Morgan fingerprint density at radius 1 is 1.03 bits per heavy atom. The van der Waals surface area contributed by atoms with E-state index in [1.165, 1.54) is 0 Å². The summed E-state index contributed by atoms with van der Waals surface area (Å²) < 4.78 is 5.20. The number of amides is 1. The highest BCUT2D eigenvalue weighted by atomic mass is 16.5. The van der Waals surface area contributed by atoms with Crippen molar-refractivity contribution in [3.05, 3.63) is 60.7 Å². The molecule has 2 N–H and O–H groups in total. The molecule has 0 saturated carbocycles. The van der Waals surface area contributed by atoms with Gasteiger partial charge in [0.1, 0.15) is 5.75 Å². The number of imidazole rings is 1. The zero-order chi connectivity index (χ0) is 21.9. The van der Waals surface area contributed by atoms with Crippen molar-refractivity contribution in [3.8, 4) is 17.0 Å². The van der Waals surface area contributed by atoms with Crippen LogP contribution in [0.2, 0.25) is 0 Å². The van der Waals surface area contributed by atoms with Crippen molar-refractivity contribution in [2.24, 2.45) is 5.92 Å².